The van der Waals surface area contributed by atoms with Gasteiger partial charge in [0.2, 0.25) is 0 Å². The van der Waals surface area contributed by atoms with Crippen LogP contribution in [0.5, 0.6) is 0 Å². The summed E-state index contributed by atoms with van der Waals surface area (Å²) in [6, 6.07) is 1.97. The van der Waals surface area contributed by atoms with Gasteiger partial charge in [0.05, 0.1) is 0 Å². The monoisotopic (exact) mass is 140 g/mol. The molecule has 2 heteroatoms. The Kier molecular flexibility index (Phi) is 5.83. The van der Waals surface area contributed by atoms with Crippen LogP contribution in [0, 0.1) is 0 Å². The van der Waals surface area contributed by atoms with E-state index in [0.717, 1.165) is 6.42 Å². The summed E-state index contributed by atoms with van der Waals surface area (Å²) in [7, 11) is 0. The first kappa shape index (κ1) is 9.21. The van der Waals surface area contributed by atoms with Gasteiger partial charge in [-0.2, -0.15) is 5.10 Å². The summed E-state index contributed by atoms with van der Waals surface area (Å²) in [4.78, 5) is 0. The third kappa shape index (κ3) is 4.13. The highest BCUT2D eigenvalue weighted by molar-refractivity contribution is 4.95. The molecule has 0 fully saturated rings. The molecule has 0 saturated heterocycles. The Balaban J connectivity index is 0.000000236. The van der Waals surface area contributed by atoms with E-state index >= 15 is 0 Å². The molecular formula is C8H16N2. The van der Waals surface area contributed by atoms with Gasteiger partial charge in [0.1, 0.15) is 0 Å². The summed E-state index contributed by atoms with van der Waals surface area (Å²) in [5, 5.41) is 6.60. The molecule has 0 unspecified atom stereocenters. The van der Waals surface area contributed by atoms with Crippen LogP contribution in [0.1, 0.15) is 32.9 Å². The number of aromatic amines is 1. The predicted molar refractivity (Wildman–Crippen MR) is 43.9 cm³/mol. The molecule has 0 saturated carbocycles. The molecular weight excluding hydrogens is 124 g/mol. The Bertz CT molecular complexity index is 133. The molecule has 0 aromatic carbocycles. The molecule has 0 bridgehead atoms. The fourth-order valence-corrected chi connectivity index (χ4v) is 0.482. The van der Waals surface area contributed by atoms with Crippen molar-refractivity contribution in [3.05, 3.63) is 18.0 Å². The lowest BCUT2D eigenvalue weighted by Gasteiger charge is -1.79. The summed E-state index contributed by atoms with van der Waals surface area (Å²) in [5.74, 6) is 0. The molecule has 1 aromatic rings. The van der Waals surface area contributed by atoms with E-state index in [1.807, 2.05) is 6.07 Å². The van der Waals surface area contributed by atoms with Crippen LogP contribution < -0.4 is 0 Å². The number of rotatable bonds is 1. The fourth-order valence-electron chi connectivity index (χ4n) is 0.482. The molecule has 0 atom stereocenters. The number of nitrogens with one attached hydrogen (secondary N) is 1. The quantitative estimate of drug-likeness (QED) is 0.637. The molecule has 0 aliphatic heterocycles. The molecule has 1 rings (SSSR count). The van der Waals surface area contributed by atoms with Gasteiger partial charge in [-0.1, -0.05) is 27.2 Å². The normalized spacial score (nSPS) is 8.30. The molecule has 0 aliphatic rings. The van der Waals surface area contributed by atoms with Crippen LogP contribution in [0.4, 0.5) is 0 Å². The minimum absolute atomic E-state index is 1.04. The molecule has 0 radical (unpaired) electrons. The largest absolute Gasteiger partial charge is 0.283 e. The first-order valence-electron chi connectivity index (χ1n) is 3.83. The third-order valence-electron chi connectivity index (χ3n) is 0.939. The summed E-state index contributed by atoms with van der Waals surface area (Å²) < 4.78 is 0. The zero-order valence-corrected chi connectivity index (χ0v) is 7.02. The molecule has 1 N–H and O–H groups in total. The van der Waals surface area contributed by atoms with Crippen molar-refractivity contribution in [1.82, 2.24) is 10.2 Å². The van der Waals surface area contributed by atoms with E-state index in [1.165, 1.54) is 12.1 Å². The first-order valence-corrected chi connectivity index (χ1v) is 3.83. The lowest BCUT2D eigenvalue weighted by Crippen LogP contribution is -1.75. The molecule has 0 spiro atoms. The van der Waals surface area contributed by atoms with Gasteiger partial charge < -0.3 is 0 Å². The number of hydrogen-bond donors (Lipinski definition) is 1. The maximum Gasteiger partial charge on any atom is 0.0490 e. The zero-order chi connectivity index (χ0) is 7.82. The lowest BCUT2D eigenvalue weighted by atomic mass is 10.4. The smallest absolute Gasteiger partial charge is 0.0490 e. The highest BCUT2D eigenvalue weighted by Gasteiger charge is 1.82. The Morgan fingerprint density at radius 1 is 1.40 bits per heavy atom. The number of hydrogen-bond acceptors (Lipinski definition) is 1. The van der Waals surface area contributed by atoms with Crippen molar-refractivity contribution in [2.24, 2.45) is 0 Å². The van der Waals surface area contributed by atoms with Crippen molar-refractivity contribution >= 4 is 0 Å². The number of aryl methyl sites for hydroxylation is 1. The van der Waals surface area contributed by atoms with Crippen LogP contribution in [-0.4, -0.2) is 10.2 Å². The van der Waals surface area contributed by atoms with E-state index in [9.17, 15) is 0 Å². The Hall–Kier alpha value is -0.790. The van der Waals surface area contributed by atoms with Crippen molar-refractivity contribution < 1.29 is 0 Å². The second kappa shape index (κ2) is 6.33. The zero-order valence-electron chi connectivity index (χ0n) is 7.02. The van der Waals surface area contributed by atoms with Gasteiger partial charge in [-0.25, -0.2) is 0 Å². The SMILES string of the molecule is CCC.CCc1ccn[nH]1. The van der Waals surface area contributed by atoms with Gasteiger partial charge >= 0.3 is 0 Å². The van der Waals surface area contributed by atoms with Crippen LogP contribution in [0.15, 0.2) is 12.3 Å². The minimum atomic E-state index is 1.04. The van der Waals surface area contributed by atoms with Crippen LogP contribution in [0.25, 0.3) is 0 Å². The molecule has 0 amide bonds. The lowest BCUT2D eigenvalue weighted by molar-refractivity contribution is 0.975. The maximum absolute atomic E-state index is 3.77. The second-order valence-corrected chi connectivity index (χ2v) is 2.14. The average Bonchev–Trinajstić information content (AvgIpc) is 2.39. The molecule has 1 aromatic heterocycles. The van der Waals surface area contributed by atoms with Crippen LogP contribution >= 0.6 is 0 Å². The van der Waals surface area contributed by atoms with Gasteiger partial charge in [0.25, 0.3) is 0 Å². The van der Waals surface area contributed by atoms with Crippen molar-refractivity contribution in [3.8, 4) is 0 Å². The van der Waals surface area contributed by atoms with Gasteiger partial charge in [-0.3, -0.25) is 5.10 Å². The standard InChI is InChI=1S/C5H8N2.C3H8/c1-2-5-3-4-6-7-5;1-3-2/h3-4H,2H2,1H3,(H,6,7);3H2,1-2H3. The van der Waals surface area contributed by atoms with E-state index in [0.29, 0.717) is 0 Å². The topological polar surface area (TPSA) is 28.7 Å². The summed E-state index contributed by atoms with van der Waals surface area (Å²) in [6.45, 7) is 6.34. The van der Waals surface area contributed by atoms with Gasteiger partial charge in [0, 0.05) is 11.9 Å². The van der Waals surface area contributed by atoms with Crippen molar-refractivity contribution in [2.75, 3.05) is 0 Å². The van der Waals surface area contributed by atoms with Crippen molar-refractivity contribution in [1.29, 1.82) is 0 Å². The highest BCUT2D eigenvalue weighted by atomic mass is 15.1. The van der Waals surface area contributed by atoms with Gasteiger partial charge in [-0.15, -0.1) is 0 Å². The predicted octanol–water partition coefficient (Wildman–Crippen LogP) is 2.39. The summed E-state index contributed by atoms with van der Waals surface area (Å²) in [5.41, 5.74) is 1.19. The van der Waals surface area contributed by atoms with E-state index < -0.39 is 0 Å². The maximum atomic E-state index is 3.77. The van der Waals surface area contributed by atoms with E-state index in [-0.39, 0.29) is 0 Å². The van der Waals surface area contributed by atoms with Gasteiger partial charge in [-0.05, 0) is 12.5 Å². The van der Waals surface area contributed by atoms with E-state index in [2.05, 4.69) is 31.0 Å². The van der Waals surface area contributed by atoms with E-state index in [1.54, 1.807) is 6.20 Å². The van der Waals surface area contributed by atoms with Crippen LogP contribution in [0.2, 0.25) is 0 Å². The Morgan fingerprint density at radius 3 is 2.20 bits per heavy atom. The molecule has 2 nitrogen and oxygen atoms in total. The Labute approximate surface area is 62.7 Å². The van der Waals surface area contributed by atoms with Crippen LogP contribution in [0.3, 0.4) is 0 Å². The third-order valence-corrected chi connectivity index (χ3v) is 0.939. The van der Waals surface area contributed by atoms with Crippen molar-refractivity contribution in [3.63, 3.8) is 0 Å². The van der Waals surface area contributed by atoms with Gasteiger partial charge in [0.15, 0.2) is 0 Å². The first-order chi connectivity index (χ1) is 4.85. The second-order valence-electron chi connectivity index (χ2n) is 2.14. The molecule has 0 aliphatic carbocycles. The van der Waals surface area contributed by atoms with Crippen LogP contribution in [-0.2, 0) is 6.42 Å². The molecule has 1 heterocycles. The fraction of sp³-hybridized carbons (Fsp3) is 0.625. The Morgan fingerprint density at radius 2 is 2.00 bits per heavy atom. The molecule has 58 valence electrons. The number of H-pyrrole nitrogens is 1. The van der Waals surface area contributed by atoms with Crippen molar-refractivity contribution in [2.45, 2.75) is 33.6 Å². The summed E-state index contributed by atoms with van der Waals surface area (Å²) >= 11 is 0. The summed E-state index contributed by atoms with van der Waals surface area (Å²) in [6.07, 6.45) is 4.05. The average molecular weight is 140 g/mol. The number of aromatic nitrogens is 2. The highest BCUT2D eigenvalue weighted by Crippen LogP contribution is 1.88. The van der Waals surface area contributed by atoms with E-state index in [4.69, 9.17) is 0 Å². The molecule has 10 heavy (non-hydrogen) atoms. The minimum Gasteiger partial charge on any atom is -0.283 e. The number of nitrogens with zero attached hydrogens (tertiary/aromatic N) is 1.